The van der Waals surface area contributed by atoms with Crippen LogP contribution in [0.1, 0.15) is 31.1 Å². The number of fused-ring (bicyclic) bond motifs is 1. The van der Waals surface area contributed by atoms with E-state index in [4.69, 9.17) is 5.26 Å². The van der Waals surface area contributed by atoms with E-state index < -0.39 is 0 Å². The summed E-state index contributed by atoms with van der Waals surface area (Å²) in [6.45, 7) is 6.29. The molecule has 0 N–H and O–H groups in total. The second-order valence-corrected chi connectivity index (χ2v) is 4.05. The lowest BCUT2D eigenvalue weighted by Crippen LogP contribution is -2.02. The fourth-order valence-electron chi connectivity index (χ4n) is 2.20. The van der Waals surface area contributed by atoms with Gasteiger partial charge in [-0.3, -0.25) is 0 Å². The highest BCUT2D eigenvalue weighted by Gasteiger charge is 2.14. The molecular weight excluding hydrogens is 184 g/mol. The van der Waals surface area contributed by atoms with Gasteiger partial charge in [0.2, 0.25) is 0 Å². The molecule has 1 heterocycles. The summed E-state index contributed by atoms with van der Waals surface area (Å²) < 4.78 is 2.22. The third-order valence-electron chi connectivity index (χ3n) is 2.78. The summed E-state index contributed by atoms with van der Waals surface area (Å²) in [5.74, 6) is 0. The number of hydrogen-bond donors (Lipinski definition) is 0. The average molecular weight is 198 g/mol. The normalized spacial score (nSPS) is 10.9. The van der Waals surface area contributed by atoms with Gasteiger partial charge in [-0.25, -0.2) is 0 Å². The molecule has 0 saturated heterocycles. The molecule has 0 radical (unpaired) electrons. The molecule has 0 fully saturated rings. The van der Waals surface area contributed by atoms with Crippen LogP contribution in [-0.2, 0) is 0 Å². The molecule has 0 bridgehead atoms. The van der Waals surface area contributed by atoms with Crippen LogP contribution in [0.4, 0.5) is 0 Å². The summed E-state index contributed by atoms with van der Waals surface area (Å²) in [5.41, 5.74) is 3.02. The van der Waals surface area contributed by atoms with Crippen LogP contribution in [0, 0.1) is 18.3 Å². The van der Waals surface area contributed by atoms with E-state index in [2.05, 4.69) is 30.6 Å². The van der Waals surface area contributed by atoms with E-state index >= 15 is 0 Å². The number of benzene rings is 1. The molecule has 1 aromatic heterocycles. The summed E-state index contributed by atoms with van der Waals surface area (Å²) in [5, 5.41) is 10.2. The SMILES string of the molecule is Cc1c(C#N)c2ccccc2n1C(C)C. The zero-order valence-electron chi connectivity index (χ0n) is 9.28. The topological polar surface area (TPSA) is 28.7 Å². The van der Waals surface area contributed by atoms with Crippen molar-refractivity contribution in [3.05, 3.63) is 35.5 Å². The van der Waals surface area contributed by atoms with E-state index in [1.807, 2.05) is 25.1 Å². The predicted molar refractivity (Wildman–Crippen MR) is 61.8 cm³/mol. The van der Waals surface area contributed by atoms with Crippen molar-refractivity contribution in [1.29, 1.82) is 5.26 Å². The summed E-state index contributed by atoms with van der Waals surface area (Å²) in [4.78, 5) is 0. The Bertz CT molecular complexity index is 541. The zero-order valence-corrected chi connectivity index (χ0v) is 9.28. The number of aromatic nitrogens is 1. The fraction of sp³-hybridized carbons (Fsp3) is 0.308. The van der Waals surface area contributed by atoms with Crippen molar-refractivity contribution in [3.63, 3.8) is 0 Å². The smallest absolute Gasteiger partial charge is 0.102 e. The minimum absolute atomic E-state index is 0.386. The van der Waals surface area contributed by atoms with Gasteiger partial charge in [0, 0.05) is 22.6 Å². The monoisotopic (exact) mass is 198 g/mol. The second-order valence-electron chi connectivity index (χ2n) is 4.05. The molecule has 0 saturated carbocycles. The lowest BCUT2D eigenvalue weighted by atomic mass is 10.1. The maximum absolute atomic E-state index is 9.15. The predicted octanol–water partition coefficient (Wildman–Crippen LogP) is 3.40. The van der Waals surface area contributed by atoms with E-state index in [0.717, 1.165) is 22.2 Å². The zero-order chi connectivity index (χ0) is 11.0. The Morgan fingerprint density at radius 1 is 1.27 bits per heavy atom. The van der Waals surface area contributed by atoms with Crippen molar-refractivity contribution in [3.8, 4) is 6.07 Å². The maximum Gasteiger partial charge on any atom is 0.102 e. The van der Waals surface area contributed by atoms with E-state index in [0.29, 0.717) is 6.04 Å². The van der Waals surface area contributed by atoms with E-state index in [1.54, 1.807) is 0 Å². The van der Waals surface area contributed by atoms with Gasteiger partial charge < -0.3 is 4.57 Å². The van der Waals surface area contributed by atoms with Gasteiger partial charge in [-0.1, -0.05) is 18.2 Å². The Hall–Kier alpha value is -1.75. The lowest BCUT2D eigenvalue weighted by molar-refractivity contribution is 0.607. The molecule has 1 aromatic carbocycles. The van der Waals surface area contributed by atoms with Crippen LogP contribution in [0.3, 0.4) is 0 Å². The molecule has 2 nitrogen and oxygen atoms in total. The molecule has 0 unspecified atom stereocenters. The summed E-state index contributed by atoms with van der Waals surface area (Å²) in [6.07, 6.45) is 0. The molecule has 2 aromatic rings. The Kier molecular flexibility index (Phi) is 2.24. The van der Waals surface area contributed by atoms with Crippen molar-refractivity contribution >= 4 is 10.9 Å². The van der Waals surface area contributed by atoms with E-state index in [1.165, 1.54) is 0 Å². The molecule has 0 aliphatic heterocycles. The molecule has 0 aliphatic carbocycles. The maximum atomic E-state index is 9.15. The molecular formula is C13H14N2. The first-order chi connectivity index (χ1) is 7.16. The Labute approximate surface area is 89.7 Å². The molecule has 2 rings (SSSR count). The third kappa shape index (κ3) is 1.32. The molecule has 0 amide bonds. The molecule has 0 aliphatic rings. The van der Waals surface area contributed by atoms with Crippen LogP contribution in [-0.4, -0.2) is 4.57 Å². The second kappa shape index (κ2) is 3.43. The average Bonchev–Trinajstić information content (AvgIpc) is 2.49. The van der Waals surface area contributed by atoms with Crippen LogP contribution >= 0.6 is 0 Å². The highest BCUT2D eigenvalue weighted by molar-refractivity contribution is 5.88. The summed E-state index contributed by atoms with van der Waals surface area (Å²) >= 11 is 0. The standard InChI is InChI=1S/C13H14N2/c1-9(2)15-10(3)12(8-14)11-6-4-5-7-13(11)15/h4-7,9H,1-3H3. The van der Waals surface area contributed by atoms with Gasteiger partial charge >= 0.3 is 0 Å². The van der Waals surface area contributed by atoms with Gasteiger partial charge in [0.15, 0.2) is 0 Å². The van der Waals surface area contributed by atoms with Crippen LogP contribution < -0.4 is 0 Å². The molecule has 0 spiro atoms. The van der Waals surface area contributed by atoms with E-state index in [9.17, 15) is 0 Å². The van der Waals surface area contributed by atoms with Crippen LogP contribution in [0.5, 0.6) is 0 Å². The molecule has 76 valence electrons. The van der Waals surface area contributed by atoms with Crippen molar-refractivity contribution in [2.75, 3.05) is 0 Å². The highest BCUT2D eigenvalue weighted by Crippen LogP contribution is 2.27. The Morgan fingerprint density at radius 2 is 1.93 bits per heavy atom. The van der Waals surface area contributed by atoms with Crippen LogP contribution in [0.25, 0.3) is 10.9 Å². The van der Waals surface area contributed by atoms with Gasteiger partial charge in [0.25, 0.3) is 0 Å². The Balaban J connectivity index is 2.93. The first-order valence-electron chi connectivity index (χ1n) is 5.16. The summed E-state index contributed by atoms with van der Waals surface area (Å²) in [6, 6.07) is 10.8. The number of rotatable bonds is 1. The van der Waals surface area contributed by atoms with Crippen LogP contribution in [0.2, 0.25) is 0 Å². The van der Waals surface area contributed by atoms with E-state index in [-0.39, 0.29) is 0 Å². The summed E-state index contributed by atoms with van der Waals surface area (Å²) in [7, 11) is 0. The van der Waals surface area contributed by atoms with Crippen molar-refractivity contribution in [1.82, 2.24) is 4.57 Å². The molecule has 0 atom stereocenters. The third-order valence-corrected chi connectivity index (χ3v) is 2.78. The van der Waals surface area contributed by atoms with Gasteiger partial charge in [0.05, 0.1) is 5.56 Å². The van der Waals surface area contributed by atoms with Gasteiger partial charge in [0.1, 0.15) is 6.07 Å². The van der Waals surface area contributed by atoms with Crippen molar-refractivity contribution < 1.29 is 0 Å². The minimum Gasteiger partial charge on any atom is -0.341 e. The van der Waals surface area contributed by atoms with Crippen molar-refractivity contribution in [2.24, 2.45) is 0 Å². The first-order valence-corrected chi connectivity index (χ1v) is 5.16. The fourth-order valence-corrected chi connectivity index (χ4v) is 2.20. The lowest BCUT2D eigenvalue weighted by Gasteiger charge is -2.11. The van der Waals surface area contributed by atoms with Gasteiger partial charge in [-0.2, -0.15) is 5.26 Å². The number of nitrogens with zero attached hydrogens (tertiary/aromatic N) is 2. The first kappa shape index (κ1) is 9.79. The number of nitriles is 1. The quantitative estimate of drug-likeness (QED) is 0.690. The van der Waals surface area contributed by atoms with Crippen molar-refractivity contribution in [2.45, 2.75) is 26.8 Å². The minimum atomic E-state index is 0.386. The number of hydrogen-bond acceptors (Lipinski definition) is 1. The van der Waals surface area contributed by atoms with Gasteiger partial charge in [-0.15, -0.1) is 0 Å². The highest BCUT2D eigenvalue weighted by atomic mass is 15.0. The Morgan fingerprint density at radius 3 is 2.53 bits per heavy atom. The number of para-hydroxylation sites is 1. The largest absolute Gasteiger partial charge is 0.341 e. The van der Waals surface area contributed by atoms with Crippen LogP contribution in [0.15, 0.2) is 24.3 Å². The van der Waals surface area contributed by atoms with Gasteiger partial charge in [-0.05, 0) is 26.8 Å². The molecule has 2 heteroatoms. The molecule has 15 heavy (non-hydrogen) atoms.